The van der Waals surface area contributed by atoms with Crippen molar-refractivity contribution in [2.75, 3.05) is 0 Å². The Hall–Kier alpha value is -1.42. The summed E-state index contributed by atoms with van der Waals surface area (Å²) >= 11 is 0. The standard InChI is InChI=1S/C20H28O4/c1-5-19(4)9-6-13-12(11-19)14(21)10-15-18(2,3)8-7-16(22)20(13,15)17(23)24/h5,11,13,15-16,22H,1,6-10H2,2-4H3,(H,23,24)/t13-,15-,16+,19-,20-/m0/s1. The Morgan fingerprint density at radius 2 is 1.96 bits per heavy atom. The van der Waals surface area contributed by atoms with Gasteiger partial charge in [0.15, 0.2) is 5.78 Å². The third-order valence-corrected chi connectivity index (χ3v) is 7.09. The maximum atomic E-state index is 12.9. The molecule has 0 spiro atoms. The van der Waals surface area contributed by atoms with Gasteiger partial charge in [-0.3, -0.25) is 9.59 Å². The lowest BCUT2D eigenvalue weighted by Gasteiger charge is -2.59. The largest absolute Gasteiger partial charge is 0.481 e. The van der Waals surface area contributed by atoms with Crippen LogP contribution in [0.4, 0.5) is 0 Å². The van der Waals surface area contributed by atoms with Crippen LogP contribution in [0.5, 0.6) is 0 Å². The highest BCUT2D eigenvalue weighted by molar-refractivity contribution is 6.00. The lowest BCUT2D eigenvalue weighted by Crippen LogP contribution is -2.64. The molecule has 132 valence electrons. The van der Waals surface area contributed by atoms with Crippen molar-refractivity contribution >= 4 is 11.8 Å². The average molecular weight is 332 g/mol. The molecular formula is C20H28O4. The van der Waals surface area contributed by atoms with E-state index in [-0.39, 0.29) is 29.0 Å². The Kier molecular flexibility index (Phi) is 3.83. The predicted octanol–water partition coefficient (Wildman–Crippen LogP) is 3.36. The molecule has 0 amide bonds. The van der Waals surface area contributed by atoms with E-state index in [2.05, 4.69) is 6.58 Å². The van der Waals surface area contributed by atoms with E-state index in [1.54, 1.807) is 0 Å². The van der Waals surface area contributed by atoms with Gasteiger partial charge in [-0.15, -0.1) is 6.58 Å². The van der Waals surface area contributed by atoms with E-state index in [9.17, 15) is 19.8 Å². The first-order chi connectivity index (χ1) is 11.1. The topological polar surface area (TPSA) is 74.6 Å². The molecule has 24 heavy (non-hydrogen) atoms. The van der Waals surface area contributed by atoms with Crippen LogP contribution in [0.25, 0.3) is 0 Å². The fourth-order valence-electron chi connectivity index (χ4n) is 5.54. The lowest BCUT2D eigenvalue weighted by molar-refractivity contribution is -0.194. The normalized spacial score (nSPS) is 44.1. The van der Waals surface area contributed by atoms with E-state index in [1.165, 1.54) is 0 Å². The fourth-order valence-corrected chi connectivity index (χ4v) is 5.54. The number of carboxylic acids is 1. The number of fused-ring (bicyclic) bond motifs is 3. The van der Waals surface area contributed by atoms with E-state index in [1.807, 2.05) is 32.9 Å². The molecule has 0 aromatic carbocycles. The number of aliphatic hydroxyl groups excluding tert-OH is 1. The lowest BCUT2D eigenvalue weighted by atomic mass is 9.43. The van der Waals surface area contributed by atoms with Gasteiger partial charge in [0.05, 0.1) is 6.10 Å². The van der Waals surface area contributed by atoms with Crippen LogP contribution < -0.4 is 0 Å². The Labute approximate surface area is 143 Å². The number of carbonyl (C=O) groups is 2. The van der Waals surface area contributed by atoms with Crippen molar-refractivity contribution in [3.8, 4) is 0 Å². The third kappa shape index (κ3) is 2.15. The van der Waals surface area contributed by atoms with Gasteiger partial charge in [-0.25, -0.2) is 0 Å². The molecule has 4 nitrogen and oxygen atoms in total. The van der Waals surface area contributed by atoms with Crippen molar-refractivity contribution in [1.29, 1.82) is 0 Å². The van der Waals surface area contributed by atoms with Gasteiger partial charge < -0.3 is 10.2 Å². The maximum Gasteiger partial charge on any atom is 0.313 e. The summed E-state index contributed by atoms with van der Waals surface area (Å²) in [6.45, 7) is 9.98. The molecule has 0 heterocycles. The SMILES string of the molecule is C=C[C@]1(C)C=C2C(=O)C[C@H]3C(C)(C)CC[C@@H](O)[C@]3(C(=O)O)[C@H]2CC1. The Bertz CT molecular complexity index is 632. The van der Waals surface area contributed by atoms with Gasteiger partial charge in [0.25, 0.3) is 0 Å². The molecule has 0 saturated heterocycles. The first-order valence-corrected chi connectivity index (χ1v) is 8.89. The smallest absolute Gasteiger partial charge is 0.313 e. The molecular weight excluding hydrogens is 304 g/mol. The zero-order chi connectivity index (χ0) is 17.9. The molecule has 2 N–H and O–H groups in total. The second-order valence-electron chi connectivity index (χ2n) is 8.86. The molecule has 3 aliphatic carbocycles. The van der Waals surface area contributed by atoms with Crippen LogP contribution in [-0.2, 0) is 9.59 Å². The van der Waals surface area contributed by atoms with Crippen LogP contribution >= 0.6 is 0 Å². The number of Topliss-reactive ketones (excluding diaryl/α,β-unsaturated/α-hetero) is 1. The molecule has 0 unspecified atom stereocenters. The molecule has 3 rings (SSSR count). The number of rotatable bonds is 2. The predicted molar refractivity (Wildman–Crippen MR) is 91.3 cm³/mol. The summed E-state index contributed by atoms with van der Waals surface area (Å²) in [5.41, 5.74) is -1.18. The van der Waals surface area contributed by atoms with Crippen molar-refractivity contribution < 1.29 is 19.8 Å². The number of hydrogen-bond donors (Lipinski definition) is 2. The molecule has 4 heteroatoms. The number of hydrogen-bond acceptors (Lipinski definition) is 3. The number of aliphatic hydroxyl groups is 1. The van der Waals surface area contributed by atoms with E-state index in [0.29, 0.717) is 18.4 Å². The zero-order valence-corrected chi connectivity index (χ0v) is 14.8. The van der Waals surface area contributed by atoms with Gasteiger partial charge in [0, 0.05) is 17.8 Å². The van der Waals surface area contributed by atoms with Crippen molar-refractivity contribution in [3.05, 3.63) is 24.3 Å². The number of carboxylic acid groups (broad SMARTS) is 1. The van der Waals surface area contributed by atoms with E-state index >= 15 is 0 Å². The second kappa shape index (κ2) is 5.29. The summed E-state index contributed by atoms with van der Waals surface area (Å²) < 4.78 is 0. The summed E-state index contributed by atoms with van der Waals surface area (Å²) in [6.07, 6.45) is 5.66. The number of ketones is 1. The molecule has 0 radical (unpaired) electrons. The highest BCUT2D eigenvalue weighted by atomic mass is 16.4. The average Bonchev–Trinajstić information content (AvgIpc) is 2.52. The van der Waals surface area contributed by atoms with Crippen LogP contribution in [-0.4, -0.2) is 28.1 Å². The van der Waals surface area contributed by atoms with E-state index in [4.69, 9.17) is 0 Å². The number of aliphatic carboxylic acids is 1. The summed E-state index contributed by atoms with van der Waals surface area (Å²) in [5, 5.41) is 21.1. The van der Waals surface area contributed by atoms with Crippen LogP contribution in [0.15, 0.2) is 24.3 Å². The summed E-state index contributed by atoms with van der Waals surface area (Å²) in [7, 11) is 0. The molecule has 5 atom stereocenters. The zero-order valence-electron chi connectivity index (χ0n) is 14.8. The number of carbonyl (C=O) groups excluding carboxylic acids is 1. The number of allylic oxidation sites excluding steroid dienone is 3. The molecule has 3 aliphatic rings. The summed E-state index contributed by atoms with van der Waals surface area (Å²) in [5.74, 6) is -1.62. The first kappa shape index (κ1) is 17.4. The highest BCUT2D eigenvalue weighted by Gasteiger charge is 2.66. The molecule has 0 aromatic heterocycles. The summed E-state index contributed by atoms with van der Waals surface area (Å²) in [4.78, 5) is 25.4. The van der Waals surface area contributed by atoms with Crippen LogP contribution in [0.2, 0.25) is 0 Å². The minimum absolute atomic E-state index is 0.0526. The maximum absolute atomic E-state index is 12.9. The molecule has 0 aliphatic heterocycles. The minimum atomic E-state index is -1.25. The highest BCUT2D eigenvalue weighted by Crippen LogP contribution is 2.63. The van der Waals surface area contributed by atoms with Crippen molar-refractivity contribution in [2.24, 2.45) is 28.1 Å². The quantitative estimate of drug-likeness (QED) is 0.760. The van der Waals surface area contributed by atoms with Gasteiger partial charge >= 0.3 is 5.97 Å². The Morgan fingerprint density at radius 1 is 1.29 bits per heavy atom. The second-order valence-corrected chi connectivity index (χ2v) is 8.86. The first-order valence-electron chi connectivity index (χ1n) is 8.89. The Morgan fingerprint density at radius 3 is 2.54 bits per heavy atom. The van der Waals surface area contributed by atoms with Crippen LogP contribution in [0, 0.1) is 28.1 Å². The van der Waals surface area contributed by atoms with Crippen LogP contribution in [0.3, 0.4) is 0 Å². The molecule has 0 bridgehead atoms. The van der Waals surface area contributed by atoms with E-state index < -0.39 is 23.4 Å². The minimum Gasteiger partial charge on any atom is -0.481 e. The van der Waals surface area contributed by atoms with Crippen molar-refractivity contribution in [3.63, 3.8) is 0 Å². The monoisotopic (exact) mass is 332 g/mol. The van der Waals surface area contributed by atoms with Crippen molar-refractivity contribution in [1.82, 2.24) is 0 Å². The van der Waals surface area contributed by atoms with Gasteiger partial charge in [0.2, 0.25) is 0 Å². The fraction of sp³-hybridized carbons (Fsp3) is 0.700. The van der Waals surface area contributed by atoms with Gasteiger partial charge in [-0.05, 0) is 42.6 Å². The van der Waals surface area contributed by atoms with E-state index in [0.717, 1.165) is 12.8 Å². The van der Waals surface area contributed by atoms with Gasteiger partial charge in [0.1, 0.15) is 5.41 Å². The molecule has 2 fully saturated rings. The molecule has 0 aromatic rings. The molecule has 2 saturated carbocycles. The van der Waals surface area contributed by atoms with Gasteiger partial charge in [-0.1, -0.05) is 32.9 Å². The summed E-state index contributed by atoms with van der Waals surface area (Å²) in [6, 6.07) is 0. The van der Waals surface area contributed by atoms with Crippen LogP contribution in [0.1, 0.15) is 52.9 Å². The van der Waals surface area contributed by atoms with Gasteiger partial charge in [-0.2, -0.15) is 0 Å². The third-order valence-electron chi connectivity index (χ3n) is 7.09. The Balaban J connectivity index is 2.20. The van der Waals surface area contributed by atoms with Crippen molar-refractivity contribution in [2.45, 2.75) is 59.0 Å².